The number of aliphatic hydroxyl groups excluding tert-OH is 1. The molecule has 0 bridgehead atoms. The molecule has 1 aliphatic rings. The zero-order valence-corrected chi connectivity index (χ0v) is 7.96. The van der Waals surface area contributed by atoms with E-state index in [2.05, 4.69) is 10.0 Å². The minimum Gasteiger partial charge on any atom is -0.459 e. The summed E-state index contributed by atoms with van der Waals surface area (Å²) in [4.78, 5) is 13.4. The molecule has 0 aliphatic heterocycles. The molecule has 0 aromatic heterocycles. The Balaban J connectivity index is 2.69. The summed E-state index contributed by atoms with van der Waals surface area (Å²) in [5.41, 5.74) is 8.29. The number of azide groups is 1. The molecule has 6 heteroatoms. The van der Waals surface area contributed by atoms with Crippen molar-refractivity contribution >= 4 is 5.97 Å². The van der Waals surface area contributed by atoms with Crippen LogP contribution in [-0.4, -0.2) is 29.3 Å². The van der Waals surface area contributed by atoms with Crippen LogP contribution in [-0.2, 0) is 9.53 Å². The second kappa shape index (κ2) is 4.83. The van der Waals surface area contributed by atoms with E-state index in [9.17, 15) is 9.90 Å². The van der Waals surface area contributed by atoms with E-state index in [4.69, 9.17) is 10.3 Å². The van der Waals surface area contributed by atoms with Crippen molar-refractivity contribution in [1.29, 1.82) is 0 Å². The Morgan fingerprint density at radius 1 is 1.64 bits per heavy atom. The third-order valence-corrected chi connectivity index (χ3v) is 2.26. The van der Waals surface area contributed by atoms with Crippen LogP contribution in [0.2, 0.25) is 0 Å². The van der Waals surface area contributed by atoms with Crippen molar-refractivity contribution in [3.63, 3.8) is 0 Å². The average molecular weight is 199 g/mol. The second-order valence-corrected chi connectivity index (χ2v) is 3.34. The SMILES string of the molecule is CC(=O)O[C@@H]1C(N=[N+]=[N-])CCC[C@H]1O. The Bertz CT molecular complexity index is 263. The van der Waals surface area contributed by atoms with Crippen LogP contribution in [0, 0.1) is 0 Å². The lowest BCUT2D eigenvalue weighted by molar-refractivity contribution is -0.156. The predicted molar refractivity (Wildman–Crippen MR) is 48.3 cm³/mol. The molecule has 1 unspecified atom stereocenters. The van der Waals surface area contributed by atoms with Gasteiger partial charge in [0.2, 0.25) is 0 Å². The van der Waals surface area contributed by atoms with E-state index in [1.807, 2.05) is 0 Å². The Morgan fingerprint density at radius 2 is 2.36 bits per heavy atom. The first-order valence-electron chi connectivity index (χ1n) is 4.54. The van der Waals surface area contributed by atoms with Gasteiger partial charge in [-0.15, -0.1) is 0 Å². The van der Waals surface area contributed by atoms with Crippen molar-refractivity contribution in [2.24, 2.45) is 5.11 Å². The van der Waals surface area contributed by atoms with Gasteiger partial charge in [0, 0.05) is 11.8 Å². The molecule has 1 saturated carbocycles. The number of nitrogens with zero attached hydrogens (tertiary/aromatic N) is 3. The first-order chi connectivity index (χ1) is 6.65. The van der Waals surface area contributed by atoms with Gasteiger partial charge in [-0.25, -0.2) is 0 Å². The van der Waals surface area contributed by atoms with Crippen LogP contribution in [0.4, 0.5) is 0 Å². The molecule has 14 heavy (non-hydrogen) atoms. The van der Waals surface area contributed by atoms with Gasteiger partial charge in [0.15, 0.2) is 0 Å². The fourth-order valence-electron chi connectivity index (χ4n) is 1.66. The van der Waals surface area contributed by atoms with Gasteiger partial charge in [-0.3, -0.25) is 4.79 Å². The highest BCUT2D eigenvalue weighted by molar-refractivity contribution is 5.66. The smallest absolute Gasteiger partial charge is 0.303 e. The number of aliphatic hydroxyl groups is 1. The fourth-order valence-corrected chi connectivity index (χ4v) is 1.66. The molecule has 0 aromatic carbocycles. The van der Waals surface area contributed by atoms with Gasteiger partial charge < -0.3 is 9.84 Å². The minimum absolute atomic E-state index is 0.437. The fraction of sp³-hybridized carbons (Fsp3) is 0.875. The Kier molecular flexibility index (Phi) is 3.73. The topological polar surface area (TPSA) is 95.3 Å². The largest absolute Gasteiger partial charge is 0.459 e. The third kappa shape index (κ3) is 2.61. The van der Waals surface area contributed by atoms with Crippen molar-refractivity contribution in [1.82, 2.24) is 0 Å². The quantitative estimate of drug-likeness (QED) is 0.312. The van der Waals surface area contributed by atoms with Crippen molar-refractivity contribution < 1.29 is 14.6 Å². The van der Waals surface area contributed by atoms with Crippen LogP contribution in [0.15, 0.2) is 5.11 Å². The van der Waals surface area contributed by atoms with Crippen LogP contribution in [0.1, 0.15) is 26.2 Å². The van der Waals surface area contributed by atoms with Crippen molar-refractivity contribution in [3.8, 4) is 0 Å². The molecule has 1 fully saturated rings. The Morgan fingerprint density at radius 3 is 2.93 bits per heavy atom. The van der Waals surface area contributed by atoms with Gasteiger partial charge in [-0.1, -0.05) is 11.5 Å². The molecule has 0 spiro atoms. The number of esters is 1. The van der Waals surface area contributed by atoms with Crippen LogP contribution in [0.3, 0.4) is 0 Å². The van der Waals surface area contributed by atoms with Gasteiger partial charge in [0.25, 0.3) is 0 Å². The minimum atomic E-state index is -0.719. The molecule has 0 heterocycles. The summed E-state index contributed by atoms with van der Waals surface area (Å²) >= 11 is 0. The van der Waals surface area contributed by atoms with Crippen molar-refractivity contribution in [2.45, 2.75) is 44.4 Å². The highest BCUT2D eigenvalue weighted by atomic mass is 16.6. The maximum absolute atomic E-state index is 10.7. The molecule has 6 nitrogen and oxygen atoms in total. The van der Waals surface area contributed by atoms with Crippen LogP contribution < -0.4 is 0 Å². The van der Waals surface area contributed by atoms with E-state index >= 15 is 0 Å². The Labute approximate surface area is 81.5 Å². The number of ether oxygens (including phenoxy) is 1. The van der Waals surface area contributed by atoms with Gasteiger partial charge in [0.05, 0.1) is 12.1 Å². The van der Waals surface area contributed by atoms with E-state index < -0.39 is 24.2 Å². The van der Waals surface area contributed by atoms with E-state index in [0.717, 1.165) is 6.42 Å². The lowest BCUT2D eigenvalue weighted by atomic mass is 9.90. The number of carbonyl (C=O) groups is 1. The van der Waals surface area contributed by atoms with Gasteiger partial charge in [0.1, 0.15) is 6.10 Å². The number of hydrogen-bond donors (Lipinski definition) is 1. The number of rotatable bonds is 2. The summed E-state index contributed by atoms with van der Waals surface area (Å²) in [5.74, 6) is -0.464. The van der Waals surface area contributed by atoms with Crippen LogP contribution in [0.5, 0.6) is 0 Å². The first kappa shape index (κ1) is 10.8. The van der Waals surface area contributed by atoms with E-state index in [0.29, 0.717) is 12.8 Å². The first-order valence-corrected chi connectivity index (χ1v) is 4.54. The van der Waals surface area contributed by atoms with Gasteiger partial charge >= 0.3 is 5.97 Å². The Hall–Kier alpha value is -1.26. The normalized spacial score (nSPS) is 31.7. The van der Waals surface area contributed by atoms with Crippen molar-refractivity contribution in [3.05, 3.63) is 10.4 Å². The molecule has 1 aliphatic carbocycles. The molecule has 0 aromatic rings. The summed E-state index contributed by atoms with van der Waals surface area (Å²) < 4.78 is 4.91. The lowest BCUT2D eigenvalue weighted by Crippen LogP contribution is -2.43. The third-order valence-electron chi connectivity index (χ3n) is 2.26. The molecule has 3 atom stereocenters. The summed E-state index contributed by atoms with van der Waals surface area (Å²) in [6, 6.07) is -0.437. The monoisotopic (exact) mass is 199 g/mol. The molecule has 1 rings (SSSR count). The van der Waals surface area contributed by atoms with Crippen LogP contribution in [0.25, 0.3) is 10.4 Å². The number of hydrogen-bond acceptors (Lipinski definition) is 4. The highest BCUT2D eigenvalue weighted by Crippen LogP contribution is 2.24. The molecular formula is C8H13N3O3. The predicted octanol–water partition coefficient (Wildman–Crippen LogP) is 1.14. The standard InChI is InChI=1S/C8H13N3O3/c1-5(12)14-8-6(10-11-9)3-2-4-7(8)13/h6-8,13H,2-4H2,1H3/t6?,7-,8-/m1/s1. The summed E-state index contributed by atoms with van der Waals surface area (Å²) in [6.07, 6.45) is 0.608. The van der Waals surface area contributed by atoms with E-state index in [1.165, 1.54) is 6.92 Å². The zero-order chi connectivity index (χ0) is 10.6. The maximum Gasteiger partial charge on any atom is 0.303 e. The summed E-state index contributed by atoms with van der Waals surface area (Å²) in [5, 5.41) is 13.1. The molecule has 78 valence electrons. The van der Waals surface area contributed by atoms with Crippen LogP contribution >= 0.6 is 0 Å². The molecular weight excluding hydrogens is 186 g/mol. The molecule has 0 saturated heterocycles. The zero-order valence-electron chi connectivity index (χ0n) is 7.96. The highest BCUT2D eigenvalue weighted by Gasteiger charge is 2.33. The number of carbonyl (C=O) groups excluding carboxylic acids is 1. The lowest BCUT2D eigenvalue weighted by Gasteiger charge is -2.31. The molecule has 0 radical (unpaired) electrons. The average Bonchev–Trinajstić information content (AvgIpc) is 2.11. The second-order valence-electron chi connectivity index (χ2n) is 3.34. The van der Waals surface area contributed by atoms with Gasteiger partial charge in [-0.2, -0.15) is 0 Å². The molecule has 1 N–H and O–H groups in total. The maximum atomic E-state index is 10.7. The van der Waals surface area contributed by atoms with E-state index in [-0.39, 0.29) is 0 Å². The van der Waals surface area contributed by atoms with Gasteiger partial charge in [-0.05, 0) is 18.4 Å². The van der Waals surface area contributed by atoms with Crippen molar-refractivity contribution in [2.75, 3.05) is 0 Å². The van der Waals surface area contributed by atoms with E-state index in [1.54, 1.807) is 0 Å². The molecule has 0 amide bonds. The summed E-state index contributed by atoms with van der Waals surface area (Å²) in [7, 11) is 0. The summed E-state index contributed by atoms with van der Waals surface area (Å²) in [6.45, 7) is 1.27.